The quantitative estimate of drug-likeness (QED) is 0.743. The molecule has 1 aliphatic heterocycles. The van der Waals surface area contributed by atoms with Crippen molar-refractivity contribution in [1.29, 1.82) is 0 Å². The number of carbonyl (C=O) groups excluding carboxylic acids is 2. The molecular formula is C19H17Cl2FN2O3. The van der Waals surface area contributed by atoms with Gasteiger partial charge in [0, 0.05) is 24.8 Å². The molecule has 142 valence electrons. The number of likely N-dealkylation sites (tertiary alicyclic amines) is 1. The Kier molecular flexibility index (Phi) is 6.19. The van der Waals surface area contributed by atoms with E-state index in [9.17, 15) is 14.0 Å². The molecule has 1 N–H and O–H groups in total. The Morgan fingerprint density at radius 1 is 1.11 bits per heavy atom. The molecule has 1 saturated heterocycles. The van der Waals surface area contributed by atoms with Crippen LogP contribution in [0.5, 0.6) is 5.75 Å². The van der Waals surface area contributed by atoms with Crippen LogP contribution < -0.4 is 10.1 Å². The summed E-state index contributed by atoms with van der Waals surface area (Å²) >= 11 is 11.6. The molecule has 0 aromatic heterocycles. The fourth-order valence-electron chi connectivity index (χ4n) is 2.76. The summed E-state index contributed by atoms with van der Waals surface area (Å²) in [4.78, 5) is 26.1. The van der Waals surface area contributed by atoms with E-state index in [1.165, 1.54) is 6.07 Å². The molecule has 0 radical (unpaired) electrons. The van der Waals surface area contributed by atoms with Crippen molar-refractivity contribution >= 4 is 40.7 Å². The van der Waals surface area contributed by atoms with E-state index in [1.807, 2.05) is 0 Å². The van der Waals surface area contributed by atoms with Gasteiger partial charge in [0.1, 0.15) is 11.6 Å². The van der Waals surface area contributed by atoms with Crippen molar-refractivity contribution in [3.63, 3.8) is 0 Å². The van der Waals surface area contributed by atoms with Crippen molar-refractivity contribution in [3.05, 3.63) is 57.8 Å². The van der Waals surface area contributed by atoms with Crippen LogP contribution in [0.2, 0.25) is 10.0 Å². The van der Waals surface area contributed by atoms with Gasteiger partial charge >= 0.3 is 0 Å². The minimum absolute atomic E-state index is 0.0332. The molecule has 0 atom stereocenters. The number of halogens is 3. The summed E-state index contributed by atoms with van der Waals surface area (Å²) in [6.07, 6.45) is 2.03. The van der Waals surface area contributed by atoms with Crippen LogP contribution in [-0.4, -0.2) is 36.4 Å². The molecule has 0 bridgehead atoms. The fourth-order valence-corrected chi connectivity index (χ4v) is 3.23. The Hall–Kier alpha value is -2.31. The first-order valence-corrected chi connectivity index (χ1v) is 9.16. The van der Waals surface area contributed by atoms with E-state index < -0.39 is 11.7 Å². The standard InChI is InChI=1S/C19H17Cl2FN2O3/c20-15-10-16(21)17(22)9-14(15)19(26)23-12-4-3-5-13(8-12)27-11-18(25)24-6-1-2-7-24/h3-5,8-10H,1-2,6-7,11H2,(H,23,26). The molecule has 1 aliphatic rings. The van der Waals surface area contributed by atoms with Gasteiger partial charge in [-0.1, -0.05) is 29.3 Å². The van der Waals surface area contributed by atoms with Crippen LogP contribution in [0, 0.1) is 5.82 Å². The molecule has 5 nitrogen and oxygen atoms in total. The topological polar surface area (TPSA) is 58.6 Å². The number of benzene rings is 2. The summed E-state index contributed by atoms with van der Waals surface area (Å²) in [7, 11) is 0. The first-order chi connectivity index (χ1) is 12.9. The van der Waals surface area contributed by atoms with Crippen LogP contribution >= 0.6 is 23.2 Å². The molecule has 2 aromatic rings. The molecule has 27 heavy (non-hydrogen) atoms. The van der Waals surface area contributed by atoms with Gasteiger partial charge in [-0.05, 0) is 37.1 Å². The van der Waals surface area contributed by atoms with Crippen LogP contribution in [0.15, 0.2) is 36.4 Å². The third-order valence-electron chi connectivity index (χ3n) is 4.17. The third kappa shape index (κ3) is 4.90. The van der Waals surface area contributed by atoms with Crippen molar-refractivity contribution in [2.75, 3.05) is 25.0 Å². The van der Waals surface area contributed by atoms with Crippen LogP contribution in [0.1, 0.15) is 23.2 Å². The van der Waals surface area contributed by atoms with Crippen LogP contribution in [0.4, 0.5) is 10.1 Å². The van der Waals surface area contributed by atoms with Gasteiger partial charge in [0.15, 0.2) is 6.61 Å². The minimum Gasteiger partial charge on any atom is -0.484 e. The van der Waals surface area contributed by atoms with E-state index in [4.69, 9.17) is 27.9 Å². The van der Waals surface area contributed by atoms with Gasteiger partial charge in [0.25, 0.3) is 11.8 Å². The molecule has 1 fully saturated rings. The van der Waals surface area contributed by atoms with Crippen LogP contribution in [0.25, 0.3) is 0 Å². The number of nitrogens with one attached hydrogen (secondary N) is 1. The smallest absolute Gasteiger partial charge is 0.260 e. The van der Waals surface area contributed by atoms with E-state index in [1.54, 1.807) is 29.2 Å². The highest BCUT2D eigenvalue weighted by molar-refractivity contribution is 6.37. The molecule has 2 amide bonds. The van der Waals surface area contributed by atoms with E-state index in [2.05, 4.69) is 5.32 Å². The predicted octanol–water partition coefficient (Wildman–Crippen LogP) is 4.39. The number of hydrogen-bond donors (Lipinski definition) is 1. The second-order valence-corrected chi connectivity index (χ2v) is 6.92. The maximum absolute atomic E-state index is 13.6. The SMILES string of the molecule is O=C(Nc1cccc(OCC(=O)N2CCCC2)c1)c1cc(F)c(Cl)cc1Cl. The van der Waals surface area contributed by atoms with E-state index in [0.29, 0.717) is 11.4 Å². The van der Waals surface area contributed by atoms with E-state index in [0.717, 1.165) is 32.0 Å². The summed E-state index contributed by atoms with van der Waals surface area (Å²) in [5.74, 6) is -0.941. The van der Waals surface area contributed by atoms with E-state index in [-0.39, 0.29) is 28.1 Å². The number of nitrogens with zero attached hydrogens (tertiary/aromatic N) is 1. The van der Waals surface area contributed by atoms with Gasteiger partial charge in [-0.25, -0.2) is 4.39 Å². The summed E-state index contributed by atoms with van der Waals surface area (Å²) in [6.45, 7) is 1.46. The number of carbonyl (C=O) groups is 2. The lowest BCUT2D eigenvalue weighted by molar-refractivity contribution is -0.132. The first-order valence-electron chi connectivity index (χ1n) is 8.40. The van der Waals surface area contributed by atoms with Gasteiger partial charge in [-0.3, -0.25) is 9.59 Å². The zero-order chi connectivity index (χ0) is 19.4. The van der Waals surface area contributed by atoms with Crippen molar-refractivity contribution < 1.29 is 18.7 Å². The van der Waals surface area contributed by atoms with Gasteiger partial charge < -0.3 is 15.0 Å². The summed E-state index contributed by atoms with van der Waals surface area (Å²) < 4.78 is 19.1. The second kappa shape index (κ2) is 8.59. The number of anilines is 1. The number of rotatable bonds is 5. The van der Waals surface area contributed by atoms with Crippen molar-refractivity contribution in [3.8, 4) is 5.75 Å². The first kappa shape index (κ1) is 19.5. The number of hydrogen-bond acceptors (Lipinski definition) is 3. The molecule has 0 aliphatic carbocycles. The summed E-state index contributed by atoms with van der Waals surface area (Å²) in [5, 5.41) is 2.51. The van der Waals surface area contributed by atoms with Gasteiger partial charge in [-0.2, -0.15) is 0 Å². The lowest BCUT2D eigenvalue weighted by Crippen LogP contribution is -2.32. The van der Waals surface area contributed by atoms with Gasteiger partial charge in [0.05, 0.1) is 15.6 Å². The molecule has 1 heterocycles. The lowest BCUT2D eigenvalue weighted by atomic mass is 10.2. The fraction of sp³-hybridized carbons (Fsp3) is 0.263. The predicted molar refractivity (Wildman–Crippen MR) is 102 cm³/mol. The molecule has 0 spiro atoms. The Balaban J connectivity index is 1.64. The highest BCUT2D eigenvalue weighted by Gasteiger charge is 2.18. The van der Waals surface area contributed by atoms with Crippen molar-refractivity contribution in [2.24, 2.45) is 0 Å². The average Bonchev–Trinajstić information content (AvgIpc) is 3.18. The van der Waals surface area contributed by atoms with Crippen molar-refractivity contribution in [2.45, 2.75) is 12.8 Å². The third-order valence-corrected chi connectivity index (χ3v) is 4.77. The highest BCUT2D eigenvalue weighted by atomic mass is 35.5. The van der Waals surface area contributed by atoms with Crippen molar-refractivity contribution in [1.82, 2.24) is 4.90 Å². The summed E-state index contributed by atoms with van der Waals surface area (Å²) in [6, 6.07) is 8.74. The largest absolute Gasteiger partial charge is 0.484 e. The van der Waals surface area contributed by atoms with E-state index >= 15 is 0 Å². The monoisotopic (exact) mass is 410 g/mol. The number of amides is 2. The molecule has 0 saturated carbocycles. The zero-order valence-electron chi connectivity index (χ0n) is 14.3. The van der Waals surface area contributed by atoms with Crippen LogP contribution in [-0.2, 0) is 4.79 Å². The minimum atomic E-state index is -0.733. The Labute approximate surface area is 166 Å². The molecule has 3 rings (SSSR count). The molecule has 8 heteroatoms. The normalized spacial score (nSPS) is 13.5. The Bertz CT molecular complexity index is 870. The maximum atomic E-state index is 13.6. The second-order valence-electron chi connectivity index (χ2n) is 6.10. The lowest BCUT2D eigenvalue weighted by Gasteiger charge is -2.16. The molecular weight excluding hydrogens is 394 g/mol. The van der Waals surface area contributed by atoms with Gasteiger partial charge in [0.2, 0.25) is 0 Å². The highest BCUT2D eigenvalue weighted by Crippen LogP contribution is 2.26. The Morgan fingerprint density at radius 3 is 2.59 bits per heavy atom. The molecule has 0 unspecified atom stereocenters. The van der Waals surface area contributed by atoms with Crippen LogP contribution in [0.3, 0.4) is 0 Å². The molecule has 2 aromatic carbocycles. The van der Waals surface area contributed by atoms with Gasteiger partial charge in [-0.15, -0.1) is 0 Å². The number of ether oxygens (including phenoxy) is 1. The maximum Gasteiger partial charge on any atom is 0.260 e. The zero-order valence-corrected chi connectivity index (χ0v) is 15.8. The Morgan fingerprint density at radius 2 is 1.85 bits per heavy atom. The average molecular weight is 411 g/mol. The summed E-state index contributed by atoms with van der Waals surface area (Å²) in [5.41, 5.74) is 0.395.